The maximum atomic E-state index is 4.99. The second-order valence-electron chi connectivity index (χ2n) is 9.15. The van der Waals surface area contributed by atoms with E-state index in [1.165, 1.54) is 54.9 Å². The Bertz CT molecular complexity index is 1740. The Morgan fingerprint density at radius 1 is 0.429 bits per heavy atom. The van der Waals surface area contributed by atoms with Gasteiger partial charge in [-0.3, -0.25) is 4.99 Å². The average Bonchev–Trinajstić information content (AvgIpc) is 3.37. The molecule has 6 aromatic rings. The molecule has 0 spiro atoms. The lowest BCUT2D eigenvalue weighted by Crippen LogP contribution is -2.01. The molecular weight excluding hydrogens is 422 g/mol. The first-order valence-electron chi connectivity index (χ1n) is 12.1. The molecule has 7 rings (SSSR count). The van der Waals surface area contributed by atoms with Crippen LogP contribution in [0.5, 0.6) is 0 Å². The largest absolute Gasteiger partial charge is 0.252 e. The van der Waals surface area contributed by atoms with Gasteiger partial charge in [0.1, 0.15) is 0 Å². The van der Waals surface area contributed by atoms with E-state index in [4.69, 9.17) is 4.99 Å². The monoisotopic (exact) mass is 445 g/mol. The smallest absolute Gasteiger partial charge is 0.0669 e. The number of hydrogen-bond acceptors (Lipinski definition) is 1. The van der Waals surface area contributed by atoms with E-state index in [1.807, 2.05) is 0 Å². The van der Waals surface area contributed by atoms with E-state index in [-0.39, 0.29) is 0 Å². The first-order valence-corrected chi connectivity index (χ1v) is 12.1. The summed E-state index contributed by atoms with van der Waals surface area (Å²) < 4.78 is 0. The van der Waals surface area contributed by atoms with Crippen LogP contribution in [0.3, 0.4) is 0 Å². The van der Waals surface area contributed by atoms with Gasteiger partial charge in [0.05, 0.1) is 11.4 Å². The van der Waals surface area contributed by atoms with Crippen LogP contribution in [0.25, 0.3) is 43.8 Å². The van der Waals surface area contributed by atoms with Crippen LogP contribution in [-0.2, 0) is 6.42 Å². The molecule has 1 heteroatoms. The van der Waals surface area contributed by atoms with Crippen LogP contribution in [0.15, 0.2) is 132 Å². The summed E-state index contributed by atoms with van der Waals surface area (Å²) in [5.74, 6) is 0. The van der Waals surface area contributed by atoms with E-state index >= 15 is 0 Å². The lowest BCUT2D eigenvalue weighted by molar-refractivity contribution is 1.39. The molecule has 0 atom stereocenters. The zero-order valence-corrected chi connectivity index (χ0v) is 19.3. The third-order valence-electron chi connectivity index (χ3n) is 7.09. The van der Waals surface area contributed by atoms with Crippen molar-refractivity contribution in [3.63, 3.8) is 0 Å². The molecule has 0 N–H and O–H groups in total. The van der Waals surface area contributed by atoms with Gasteiger partial charge in [0.2, 0.25) is 0 Å². The second-order valence-corrected chi connectivity index (χ2v) is 9.15. The molecule has 0 unspecified atom stereocenters. The van der Waals surface area contributed by atoms with Gasteiger partial charge >= 0.3 is 0 Å². The number of para-hydroxylation sites is 1. The molecule has 164 valence electrons. The lowest BCUT2D eigenvalue weighted by Gasteiger charge is -2.18. The highest BCUT2D eigenvalue weighted by Gasteiger charge is 2.20. The molecule has 1 nitrogen and oxygen atoms in total. The maximum Gasteiger partial charge on any atom is 0.0669 e. The predicted octanol–water partition coefficient (Wildman–Crippen LogP) is 9.00. The summed E-state index contributed by atoms with van der Waals surface area (Å²) in [7, 11) is 0. The average molecular weight is 446 g/mol. The van der Waals surface area contributed by atoms with Crippen molar-refractivity contribution in [2.45, 2.75) is 6.42 Å². The molecule has 1 heterocycles. The van der Waals surface area contributed by atoms with E-state index in [0.717, 1.165) is 17.8 Å². The van der Waals surface area contributed by atoms with Gasteiger partial charge < -0.3 is 0 Å². The molecule has 0 amide bonds. The van der Waals surface area contributed by atoms with Gasteiger partial charge in [0.25, 0.3) is 0 Å². The first kappa shape index (κ1) is 19.9. The predicted molar refractivity (Wildman–Crippen MR) is 149 cm³/mol. The fraction of sp³-hybridized carbons (Fsp3) is 0.0294. The van der Waals surface area contributed by atoms with Crippen LogP contribution < -0.4 is 0 Å². The summed E-state index contributed by atoms with van der Waals surface area (Å²) in [6, 6.07) is 45.8. The summed E-state index contributed by atoms with van der Waals surface area (Å²) in [5.41, 5.74) is 9.78. The van der Waals surface area contributed by atoms with Crippen molar-refractivity contribution in [2.24, 2.45) is 4.99 Å². The molecule has 35 heavy (non-hydrogen) atoms. The van der Waals surface area contributed by atoms with Crippen molar-refractivity contribution in [1.29, 1.82) is 0 Å². The Hall–Kier alpha value is -4.49. The first-order chi connectivity index (χ1) is 17.4. The van der Waals surface area contributed by atoms with Gasteiger partial charge in [0.15, 0.2) is 0 Å². The van der Waals surface area contributed by atoms with Crippen LogP contribution in [0.1, 0.15) is 11.1 Å². The van der Waals surface area contributed by atoms with Crippen LogP contribution in [0.2, 0.25) is 0 Å². The molecule has 1 aliphatic rings. The third-order valence-corrected chi connectivity index (χ3v) is 7.09. The molecular formula is C34H23N. The summed E-state index contributed by atoms with van der Waals surface area (Å²) in [6.45, 7) is 0. The molecule has 0 fully saturated rings. The molecule has 0 radical (unpaired) electrons. The van der Waals surface area contributed by atoms with E-state index in [9.17, 15) is 0 Å². The fourth-order valence-corrected chi connectivity index (χ4v) is 5.49. The molecule has 0 aromatic heterocycles. The van der Waals surface area contributed by atoms with Crippen molar-refractivity contribution < 1.29 is 0 Å². The zero-order chi connectivity index (χ0) is 23.2. The van der Waals surface area contributed by atoms with Crippen molar-refractivity contribution in [1.82, 2.24) is 0 Å². The molecule has 0 bridgehead atoms. The van der Waals surface area contributed by atoms with E-state index in [0.29, 0.717) is 0 Å². The molecule has 6 aromatic carbocycles. The van der Waals surface area contributed by atoms with Gasteiger partial charge in [-0.2, -0.15) is 0 Å². The van der Waals surface area contributed by atoms with Crippen LogP contribution >= 0.6 is 0 Å². The van der Waals surface area contributed by atoms with E-state index in [2.05, 4.69) is 127 Å². The highest BCUT2D eigenvalue weighted by Crippen LogP contribution is 2.44. The minimum atomic E-state index is 0.876. The Morgan fingerprint density at radius 3 is 1.63 bits per heavy atom. The Balaban J connectivity index is 1.57. The van der Waals surface area contributed by atoms with Crippen LogP contribution in [-0.4, -0.2) is 5.71 Å². The van der Waals surface area contributed by atoms with Crippen LogP contribution in [0, 0.1) is 0 Å². The quantitative estimate of drug-likeness (QED) is 0.241. The highest BCUT2D eigenvalue weighted by molar-refractivity contribution is 6.22. The van der Waals surface area contributed by atoms with Gasteiger partial charge in [-0.15, -0.1) is 0 Å². The summed E-state index contributed by atoms with van der Waals surface area (Å²) >= 11 is 0. The van der Waals surface area contributed by atoms with Crippen LogP contribution in [0.4, 0.5) is 5.69 Å². The number of fused-ring (bicyclic) bond motifs is 3. The third kappa shape index (κ3) is 3.28. The summed E-state index contributed by atoms with van der Waals surface area (Å²) in [5, 5.41) is 5.10. The maximum absolute atomic E-state index is 4.99. The number of rotatable bonds is 3. The van der Waals surface area contributed by atoms with E-state index in [1.54, 1.807) is 0 Å². The Labute approximate surface area is 205 Å². The second kappa shape index (κ2) is 8.07. The lowest BCUT2D eigenvalue weighted by atomic mass is 9.85. The molecule has 1 aliphatic heterocycles. The van der Waals surface area contributed by atoms with Gasteiger partial charge in [-0.05, 0) is 67.1 Å². The van der Waals surface area contributed by atoms with Gasteiger partial charge in [-0.25, -0.2) is 0 Å². The summed E-state index contributed by atoms with van der Waals surface area (Å²) in [4.78, 5) is 4.99. The Kier molecular flexibility index (Phi) is 4.60. The molecule has 0 saturated heterocycles. The topological polar surface area (TPSA) is 12.4 Å². The van der Waals surface area contributed by atoms with Gasteiger partial charge in [0, 0.05) is 6.42 Å². The van der Waals surface area contributed by atoms with Crippen molar-refractivity contribution in [2.75, 3.05) is 0 Å². The molecule has 0 aliphatic carbocycles. The molecule has 0 saturated carbocycles. The number of aliphatic imine (C=N–C) groups is 1. The Morgan fingerprint density at radius 2 is 0.971 bits per heavy atom. The standard InChI is InChI=1S/C34H23N/c1-3-11-23(12-4-1)33-27-16-8-9-17-28(27)34(24-13-5-2-6-14-24)30-21-26(19-20-29(30)33)32-22-25-15-7-10-18-31(25)35-32/h1-21H,22H2. The number of nitrogens with zero attached hydrogens (tertiary/aromatic N) is 1. The summed E-state index contributed by atoms with van der Waals surface area (Å²) in [6.07, 6.45) is 0.876. The van der Waals surface area contributed by atoms with Gasteiger partial charge in [-0.1, -0.05) is 115 Å². The van der Waals surface area contributed by atoms with Crippen molar-refractivity contribution >= 4 is 32.9 Å². The van der Waals surface area contributed by atoms with Crippen molar-refractivity contribution in [3.05, 3.63) is 139 Å². The SMILES string of the molecule is c1ccc(-c2c3ccccc3c(-c3ccccc3)c3cc(C4=Nc5ccccc5C4)ccc23)cc1. The number of benzene rings is 6. The minimum absolute atomic E-state index is 0.876. The normalized spacial score (nSPS) is 12.6. The zero-order valence-electron chi connectivity index (χ0n) is 19.3. The van der Waals surface area contributed by atoms with Crippen molar-refractivity contribution in [3.8, 4) is 22.3 Å². The minimum Gasteiger partial charge on any atom is -0.252 e. The van der Waals surface area contributed by atoms with E-state index < -0.39 is 0 Å². The number of hydrogen-bond donors (Lipinski definition) is 0. The highest BCUT2D eigenvalue weighted by atomic mass is 14.8. The fourth-order valence-electron chi connectivity index (χ4n) is 5.49.